The van der Waals surface area contributed by atoms with Crippen LogP contribution in [0.25, 0.3) is 5.70 Å². The maximum Gasteiger partial charge on any atom is 0.345 e. The van der Waals surface area contributed by atoms with Crippen LogP contribution in [0.15, 0.2) is 42.1 Å². The monoisotopic (exact) mass is 298 g/mol. The molecule has 108 valence electrons. The van der Waals surface area contributed by atoms with Gasteiger partial charge in [0.25, 0.3) is 11.8 Å². The first-order valence-electron chi connectivity index (χ1n) is 6.06. The third-order valence-electron chi connectivity index (χ3n) is 3.29. The maximum atomic E-state index is 12.0. The molecule has 0 N–H and O–H groups in total. The first kappa shape index (κ1) is 13.6. The highest BCUT2D eigenvalue weighted by molar-refractivity contribution is 6.52. The zero-order valence-corrected chi connectivity index (χ0v) is 10.8. The summed E-state index contributed by atoms with van der Waals surface area (Å²) in [6, 6.07) is 5.62. The van der Waals surface area contributed by atoms with Crippen LogP contribution in [-0.2, 0) is 14.4 Å². The maximum absolute atomic E-state index is 12.0. The van der Waals surface area contributed by atoms with Crippen LogP contribution >= 0.6 is 0 Å². The summed E-state index contributed by atoms with van der Waals surface area (Å²) in [5.41, 5.74) is -1.62. The first-order valence-corrected chi connectivity index (χ1v) is 6.06. The molecule has 3 rings (SSSR count). The van der Waals surface area contributed by atoms with Gasteiger partial charge in [-0.25, -0.2) is 4.90 Å². The number of Topliss-reactive ketones (excluding diaryl/α,β-unsaturated/α-hetero) is 2. The van der Waals surface area contributed by atoms with Crippen molar-refractivity contribution in [2.24, 2.45) is 0 Å². The smallest absolute Gasteiger partial charge is 0.285 e. The van der Waals surface area contributed by atoms with E-state index in [9.17, 15) is 29.3 Å². The molecule has 0 saturated carbocycles. The third-order valence-corrected chi connectivity index (χ3v) is 3.29. The molecule has 1 heterocycles. The van der Waals surface area contributed by atoms with Crippen molar-refractivity contribution < 1.29 is 24.1 Å². The number of nitro groups is 1. The minimum atomic E-state index is -1.36. The molecule has 8 heteroatoms. The Balaban J connectivity index is 2.37. The van der Waals surface area contributed by atoms with E-state index < -0.39 is 39.7 Å². The molecule has 0 unspecified atom stereocenters. The SMILES string of the molecule is O=C1C(=O)c2ccccc2C(N2C(=O)C=CC2=O)=C1[N+](=O)[O-]. The second-order valence-corrected chi connectivity index (χ2v) is 4.50. The van der Waals surface area contributed by atoms with Gasteiger partial charge in [-0.1, -0.05) is 24.3 Å². The van der Waals surface area contributed by atoms with E-state index in [1.165, 1.54) is 24.3 Å². The predicted molar refractivity (Wildman–Crippen MR) is 70.7 cm³/mol. The van der Waals surface area contributed by atoms with Gasteiger partial charge in [0.05, 0.1) is 4.92 Å². The summed E-state index contributed by atoms with van der Waals surface area (Å²) in [4.78, 5) is 58.3. The molecule has 8 nitrogen and oxygen atoms in total. The van der Waals surface area contributed by atoms with Gasteiger partial charge in [0.15, 0.2) is 0 Å². The molecule has 0 radical (unpaired) electrons. The van der Waals surface area contributed by atoms with E-state index >= 15 is 0 Å². The van der Waals surface area contributed by atoms with Gasteiger partial charge in [-0.05, 0) is 0 Å². The Hall–Kier alpha value is -3.42. The van der Waals surface area contributed by atoms with Crippen molar-refractivity contribution in [3.8, 4) is 0 Å². The van der Waals surface area contributed by atoms with Gasteiger partial charge in [0.2, 0.25) is 5.78 Å². The largest absolute Gasteiger partial charge is 0.345 e. The van der Waals surface area contributed by atoms with Crippen LogP contribution in [0.4, 0.5) is 0 Å². The molecular weight excluding hydrogens is 292 g/mol. The zero-order valence-electron chi connectivity index (χ0n) is 10.8. The van der Waals surface area contributed by atoms with Crippen LogP contribution in [0.5, 0.6) is 0 Å². The Morgan fingerprint density at radius 2 is 1.41 bits per heavy atom. The van der Waals surface area contributed by atoms with Crippen molar-refractivity contribution in [1.82, 2.24) is 4.90 Å². The fourth-order valence-electron chi connectivity index (χ4n) is 2.37. The van der Waals surface area contributed by atoms with Gasteiger partial charge in [-0.2, -0.15) is 0 Å². The number of carbonyl (C=O) groups excluding carboxylic acids is 4. The van der Waals surface area contributed by atoms with E-state index in [1.54, 1.807) is 0 Å². The Kier molecular flexibility index (Phi) is 2.81. The molecule has 0 atom stereocenters. The van der Waals surface area contributed by atoms with Gasteiger partial charge < -0.3 is 0 Å². The van der Waals surface area contributed by atoms with Crippen LogP contribution in [0, 0.1) is 10.1 Å². The topological polar surface area (TPSA) is 115 Å². The lowest BCUT2D eigenvalue weighted by Crippen LogP contribution is -2.37. The molecule has 1 aromatic carbocycles. The number of nitrogens with zero attached hydrogens (tertiary/aromatic N) is 2. The van der Waals surface area contributed by atoms with E-state index in [-0.39, 0.29) is 11.1 Å². The zero-order chi connectivity index (χ0) is 16.0. The molecule has 0 bridgehead atoms. The standard InChI is InChI=1S/C14H6N2O6/c17-9-5-6-10(18)15(9)11-7-3-1-2-4-8(7)13(19)14(20)12(11)16(21)22/h1-6H. The summed E-state index contributed by atoms with van der Waals surface area (Å²) in [6.07, 6.45) is 1.88. The number of carbonyl (C=O) groups is 4. The van der Waals surface area contributed by atoms with Crippen molar-refractivity contribution >= 4 is 29.1 Å². The third kappa shape index (κ3) is 1.71. The van der Waals surface area contributed by atoms with Crippen LogP contribution in [0.1, 0.15) is 15.9 Å². The van der Waals surface area contributed by atoms with Crippen molar-refractivity contribution in [1.29, 1.82) is 0 Å². The lowest BCUT2D eigenvalue weighted by atomic mass is 9.90. The van der Waals surface area contributed by atoms with Gasteiger partial charge >= 0.3 is 11.5 Å². The molecule has 0 fully saturated rings. The summed E-state index contributed by atoms with van der Waals surface area (Å²) >= 11 is 0. The summed E-state index contributed by atoms with van der Waals surface area (Å²) < 4.78 is 0. The highest BCUT2D eigenvalue weighted by Gasteiger charge is 2.45. The van der Waals surface area contributed by atoms with E-state index in [4.69, 9.17) is 0 Å². The van der Waals surface area contributed by atoms with E-state index in [0.29, 0.717) is 4.90 Å². The van der Waals surface area contributed by atoms with E-state index in [0.717, 1.165) is 12.2 Å². The second kappa shape index (κ2) is 4.55. The first-order chi connectivity index (χ1) is 10.4. The number of hydrogen-bond acceptors (Lipinski definition) is 6. The summed E-state index contributed by atoms with van der Waals surface area (Å²) in [7, 11) is 0. The van der Waals surface area contributed by atoms with Crippen molar-refractivity contribution in [2.75, 3.05) is 0 Å². The van der Waals surface area contributed by atoms with Crippen molar-refractivity contribution in [3.05, 3.63) is 63.4 Å². The fraction of sp³-hybridized carbons (Fsp3) is 0. The van der Waals surface area contributed by atoms with Crippen LogP contribution in [-0.4, -0.2) is 33.2 Å². The summed E-state index contributed by atoms with van der Waals surface area (Å²) in [5.74, 6) is -4.02. The van der Waals surface area contributed by atoms with E-state index in [2.05, 4.69) is 0 Å². The second-order valence-electron chi connectivity index (χ2n) is 4.50. The molecule has 1 aliphatic heterocycles. The number of benzene rings is 1. The number of amides is 2. The van der Waals surface area contributed by atoms with Gasteiger partial charge in [-0.15, -0.1) is 0 Å². The highest BCUT2D eigenvalue weighted by Crippen LogP contribution is 2.34. The normalized spacial score (nSPS) is 17.4. The van der Waals surface area contributed by atoms with Crippen LogP contribution < -0.4 is 0 Å². The molecule has 0 aromatic heterocycles. The average molecular weight is 298 g/mol. The lowest BCUT2D eigenvalue weighted by molar-refractivity contribution is -0.417. The molecule has 1 aromatic rings. The Labute approximate surface area is 122 Å². The Morgan fingerprint density at radius 1 is 0.864 bits per heavy atom. The van der Waals surface area contributed by atoms with Gasteiger partial charge in [-0.3, -0.25) is 29.3 Å². The number of allylic oxidation sites excluding steroid dienone is 1. The number of ketones is 2. The Bertz CT molecular complexity index is 831. The molecule has 0 spiro atoms. The quantitative estimate of drug-likeness (QED) is 0.336. The summed E-state index contributed by atoms with van der Waals surface area (Å²) in [5, 5.41) is 11.2. The number of hydrogen-bond donors (Lipinski definition) is 0. The van der Waals surface area contributed by atoms with Crippen molar-refractivity contribution in [2.45, 2.75) is 0 Å². The van der Waals surface area contributed by atoms with Crippen molar-refractivity contribution in [3.63, 3.8) is 0 Å². The summed E-state index contributed by atoms with van der Waals surface area (Å²) in [6.45, 7) is 0. The molecular formula is C14H6N2O6. The highest BCUT2D eigenvalue weighted by atomic mass is 16.6. The van der Waals surface area contributed by atoms with Crippen LogP contribution in [0.2, 0.25) is 0 Å². The minimum Gasteiger partial charge on any atom is -0.285 e. The average Bonchev–Trinajstić information content (AvgIpc) is 2.81. The number of rotatable bonds is 2. The molecule has 1 aliphatic carbocycles. The molecule has 22 heavy (non-hydrogen) atoms. The molecule has 2 aliphatic rings. The van der Waals surface area contributed by atoms with E-state index in [1.807, 2.05) is 0 Å². The van der Waals surface area contributed by atoms with Gasteiger partial charge in [0, 0.05) is 23.3 Å². The number of fused-ring (bicyclic) bond motifs is 1. The van der Waals surface area contributed by atoms with Crippen LogP contribution in [0.3, 0.4) is 0 Å². The predicted octanol–water partition coefficient (Wildman–Crippen LogP) is 0.322. The Morgan fingerprint density at radius 3 is 1.95 bits per heavy atom. The number of imide groups is 1. The lowest BCUT2D eigenvalue weighted by Gasteiger charge is -2.22. The van der Waals surface area contributed by atoms with Gasteiger partial charge in [0.1, 0.15) is 5.70 Å². The fourth-order valence-corrected chi connectivity index (χ4v) is 2.37. The molecule has 0 saturated heterocycles. The molecule has 2 amide bonds. The minimum absolute atomic E-state index is 0.00389.